The zero-order valence-electron chi connectivity index (χ0n) is 8.26. The fourth-order valence-corrected chi connectivity index (χ4v) is 3.28. The van der Waals surface area contributed by atoms with Crippen molar-refractivity contribution >= 4 is 7.94 Å². The molecule has 2 rings (SSSR count). The summed E-state index contributed by atoms with van der Waals surface area (Å²) >= 11 is 0. The molecule has 0 atom stereocenters. The maximum absolute atomic E-state index is 9.17. The Labute approximate surface area is 88.7 Å². The van der Waals surface area contributed by atoms with E-state index in [9.17, 15) is 14.7 Å². The van der Waals surface area contributed by atoms with Gasteiger partial charge in [-0.25, -0.2) is 0 Å². The summed E-state index contributed by atoms with van der Waals surface area (Å²) in [6.45, 7) is 0.876. The summed E-state index contributed by atoms with van der Waals surface area (Å²) in [5.41, 5.74) is 0.580. The standard InChI is InChI=1S/C10H15O4P/c11-15(12,13)8-10(6-14-7-10)9-4-2-1-3-5-9/h1-5,11-13,15H,6-8H2. The van der Waals surface area contributed by atoms with Crippen molar-refractivity contribution in [3.8, 4) is 0 Å². The van der Waals surface area contributed by atoms with Crippen molar-refractivity contribution in [2.45, 2.75) is 5.41 Å². The Balaban J connectivity index is 2.23. The Hall–Kier alpha value is -0.510. The summed E-state index contributed by atoms with van der Waals surface area (Å²) in [4.78, 5) is 27.5. The molecule has 4 nitrogen and oxygen atoms in total. The number of rotatable bonds is 3. The van der Waals surface area contributed by atoms with Crippen molar-refractivity contribution in [1.29, 1.82) is 0 Å². The van der Waals surface area contributed by atoms with E-state index >= 15 is 0 Å². The Morgan fingerprint density at radius 3 is 2.13 bits per heavy atom. The van der Waals surface area contributed by atoms with Crippen molar-refractivity contribution in [3.05, 3.63) is 35.9 Å². The van der Waals surface area contributed by atoms with Gasteiger partial charge < -0.3 is 0 Å². The van der Waals surface area contributed by atoms with E-state index in [0.29, 0.717) is 13.2 Å². The van der Waals surface area contributed by atoms with E-state index in [0.717, 1.165) is 5.56 Å². The van der Waals surface area contributed by atoms with Crippen LogP contribution in [0.5, 0.6) is 0 Å². The van der Waals surface area contributed by atoms with E-state index in [2.05, 4.69) is 0 Å². The Bertz CT molecular complexity index is 329. The van der Waals surface area contributed by atoms with Crippen LogP contribution in [-0.4, -0.2) is 34.1 Å². The van der Waals surface area contributed by atoms with Crippen molar-refractivity contribution in [1.82, 2.24) is 0 Å². The van der Waals surface area contributed by atoms with E-state index in [-0.39, 0.29) is 6.16 Å². The molecule has 0 aromatic heterocycles. The van der Waals surface area contributed by atoms with Gasteiger partial charge >= 0.3 is 88.0 Å². The maximum atomic E-state index is 9.17. The van der Waals surface area contributed by atoms with Crippen LogP contribution in [-0.2, 0) is 10.2 Å². The topological polar surface area (TPSA) is 69.9 Å². The zero-order valence-corrected chi connectivity index (χ0v) is 9.26. The van der Waals surface area contributed by atoms with E-state index in [4.69, 9.17) is 4.74 Å². The average Bonchev–Trinajstić information content (AvgIpc) is 2.11. The molecule has 0 radical (unpaired) electrons. The molecule has 0 bridgehead atoms. The molecule has 1 heterocycles. The van der Waals surface area contributed by atoms with E-state index in [1.807, 2.05) is 30.3 Å². The third-order valence-corrected chi connectivity index (χ3v) is 3.87. The Morgan fingerprint density at radius 1 is 1.13 bits per heavy atom. The van der Waals surface area contributed by atoms with Crippen LogP contribution in [0, 0.1) is 0 Å². The van der Waals surface area contributed by atoms with Gasteiger partial charge in [0.25, 0.3) is 0 Å². The molecule has 1 aromatic carbocycles. The van der Waals surface area contributed by atoms with Crippen molar-refractivity contribution < 1.29 is 19.4 Å². The zero-order chi connectivity index (χ0) is 10.9. The second-order valence-corrected chi connectivity index (χ2v) is 5.99. The van der Waals surface area contributed by atoms with Gasteiger partial charge in [0.15, 0.2) is 0 Å². The number of hydrogen-bond acceptors (Lipinski definition) is 4. The molecule has 0 amide bonds. The molecule has 84 valence electrons. The molecule has 3 N–H and O–H groups in total. The fraction of sp³-hybridized carbons (Fsp3) is 0.400. The Morgan fingerprint density at radius 2 is 1.73 bits per heavy atom. The van der Waals surface area contributed by atoms with E-state index in [1.54, 1.807) is 0 Å². The Kier molecular flexibility index (Phi) is 2.79. The molecule has 1 saturated heterocycles. The molecule has 15 heavy (non-hydrogen) atoms. The predicted molar refractivity (Wildman–Crippen MR) is 58.8 cm³/mol. The van der Waals surface area contributed by atoms with Crippen LogP contribution >= 0.6 is 7.94 Å². The van der Waals surface area contributed by atoms with Gasteiger partial charge in [-0.2, -0.15) is 0 Å². The first-order valence-corrected chi connectivity index (χ1v) is 6.87. The van der Waals surface area contributed by atoms with E-state index in [1.165, 1.54) is 0 Å². The molecule has 5 heteroatoms. The molecule has 0 aliphatic carbocycles. The van der Waals surface area contributed by atoms with E-state index < -0.39 is 13.4 Å². The van der Waals surface area contributed by atoms with Gasteiger partial charge in [-0.15, -0.1) is 0 Å². The predicted octanol–water partition coefficient (Wildman–Crippen LogP) is 0.426. The van der Waals surface area contributed by atoms with Gasteiger partial charge in [0.2, 0.25) is 0 Å². The van der Waals surface area contributed by atoms with Gasteiger partial charge in [0, 0.05) is 0 Å². The first-order chi connectivity index (χ1) is 7.02. The van der Waals surface area contributed by atoms with Gasteiger partial charge in [-0.1, -0.05) is 0 Å². The molecule has 0 saturated carbocycles. The summed E-state index contributed by atoms with van der Waals surface area (Å²) in [5, 5.41) is 0. The molecule has 0 unspecified atom stereocenters. The minimum absolute atomic E-state index is 0.00398. The van der Waals surface area contributed by atoms with Crippen molar-refractivity contribution in [2.24, 2.45) is 0 Å². The summed E-state index contributed by atoms with van der Waals surface area (Å²) in [6.07, 6.45) is 0.00398. The van der Waals surface area contributed by atoms with Crippen LogP contribution in [0.1, 0.15) is 5.56 Å². The summed E-state index contributed by atoms with van der Waals surface area (Å²) < 4.78 is 5.13. The quantitative estimate of drug-likeness (QED) is 0.658. The van der Waals surface area contributed by atoms with Crippen LogP contribution in [0.3, 0.4) is 0 Å². The van der Waals surface area contributed by atoms with Gasteiger partial charge in [-0.3, -0.25) is 0 Å². The van der Waals surface area contributed by atoms with Crippen LogP contribution in [0.2, 0.25) is 0 Å². The third kappa shape index (κ3) is 2.36. The summed E-state index contributed by atoms with van der Waals surface area (Å²) in [7, 11) is -4.03. The third-order valence-electron chi connectivity index (χ3n) is 2.72. The average molecular weight is 230 g/mol. The van der Waals surface area contributed by atoms with Crippen LogP contribution < -0.4 is 0 Å². The fourth-order valence-electron chi connectivity index (χ4n) is 1.96. The number of ether oxygens (including phenoxy) is 1. The molecule has 1 aliphatic rings. The van der Waals surface area contributed by atoms with Crippen LogP contribution in [0.25, 0.3) is 0 Å². The molecular formula is C10H15O4P. The molecule has 1 fully saturated rings. The monoisotopic (exact) mass is 230 g/mol. The van der Waals surface area contributed by atoms with Crippen molar-refractivity contribution in [2.75, 3.05) is 19.4 Å². The normalized spacial score (nSPS) is 20.7. The summed E-state index contributed by atoms with van der Waals surface area (Å²) in [5.74, 6) is 0. The number of hydrogen-bond donors (Lipinski definition) is 3. The van der Waals surface area contributed by atoms with Crippen molar-refractivity contribution in [3.63, 3.8) is 0 Å². The molecular weight excluding hydrogens is 215 g/mol. The first-order valence-electron chi connectivity index (χ1n) is 4.82. The van der Waals surface area contributed by atoms with Crippen LogP contribution in [0.4, 0.5) is 0 Å². The van der Waals surface area contributed by atoms with Gasteiger partial charge in [-0.05, 0) is 0 Å². The minimum atomic E-state index is -4.03. The second-order valence-electron chi connectivity index (χ2n) is 4.09. The number of benzene rings is 1. The SMILES string of the molecule is O[PH](O)(O)CC1(c2ccccc2)COC1. The molecule has 1 aliphatic heterocycles. The molecule has 1 aromatic rings. The van der Waals surface area contributed by atoms with Crippen LogP contribution in [0.15, 0.2) is 30.3 Å². The first kappa shape index (κ1) is 11.0. The second kappa shape index (κ2) is 3.81. The van der Waals surface area contributed by atoms with Gasteiger partial charge in [0.1, 0.15) is 0 Å². The van der Waals surface area contributed by atoms with Gasteiger partial charge in [0.05, 0.1) is 0 Å². The molecule has 0 spiro atoms. The summed E-state index contributed by atoms with van der Waals surface area (Å²) in [6, 6.07) is 9.53.